The minimum absolute atomic E-state index is 0.227. The molecule has 0 bridgehead atoms. The van der Waals surface area contributed by atoms with Crippen molar-refractivity contribution in [3.05, 3.63) is 29.8 Å². The van der Waals surface area contributed by atoms with E-state index in [1.807, 2.05) is 6.07 Å². The molecule has 1 atom stereocenters. The zero-order valence-corrected chi connectivity index (χ0v) is 9.65. The van der Waals surface area contributed by atoms with Crippen molar-refractivity contribution in [1.82, 2.24) is 0 Å². The lowest BCUT2D eigenvalue weighted by Gasteiger charge is -2.36. The molecule has 0 saturated carbocycles. The summed E-state index contributed by atoms with van der Waals surface area (Å²) >= 11 is 0. The fraction of sp³-hybridized carbons (Fsp3) is 0.462. The molecule has 1 amide bonds. The lowest BCUT2D eigenvalue weighted by atomic mass is 9.96. The lowest BCUT2D eigenvalue weighted by Crippen LogP contribution is -2.39. The van der Waals surface area contributed by atoms with Crippen molar-refractivity contribution in [3.63, 3.8) is 0 Å². The molecule has 1 aliphatic heterocycles. The number of amides is 1. The summed E-state index contributed by atoms with van der Waals surface area (Å²) in [5.41, 5.74) is 7.86. The van der Waals surface area contributed by atoms with Crippen molar-refractivity contribution in [2.45, 2.75) is 32.2 Å². The summed E-state index contributed by atoms with van der Waals surface area (Å²) in [5.74, 6) is -0.227. The van der Waals surface area contributed by atoms with Crippen LogP contribution in [0.3, 0.4) is 0 Å². The molecule has 1 heterocycles. The normalized spacial score (nSPS) is 19.3. The van der Waals surface area contributed by atoms with Crippen LogP contribution in [0.25, 0.3) is 0 Å². The SMILES string of the molecule is CC1CCc2ccccc2N1CCC(N)=O. The van der Waals surface area contributed by atoms with Gasteiger partial charge in [0.2, 0.25) is 5.91 Å². The van der Waals surface area contributed by atoms with Crippen LogP contribution < -0.4 is 10.6 Å². The van der Waals surface area contributed by atoms with E-state index >= 15 is 0 Å². The lowest BCUT2D eigenvalue weighted by molar-refractivity contribution is -0.117. The Kier molecular flexibility index (Phi) is 3.13. The van der Waals surface area contributed by atoms with Crippen LogP contribution in [0.4, 0.5) is 5.69 Å². The summed E-state index contributed by atoms with van der Waals surface area (Å²) in [6.45, 7) is 2.93. The van der Waals surface area contributed by atoms with Crippen LogP contribution in [-0.2, 0) is 11.2 Å². The Morgan fingerprint density at radius 2 is 2.25 bits per heavy atom. The summed E-state index contributed by atoms with van der Waals surface area (Å²) in [7, 11) is 0. The van der Waals surface area contributed by atoms with Gasteiger partial charge in [-0.25, -0.2) is 0 Å². The zero-order valence-electron chi connectivity index (χ0n) is 9.65. The molecule has 2 rings (SSSR count). The number of nitrogens with zero attached hydrogens (tertiary/aromatic N) is 1. The second kappa shape index (κ2) is 4.56. The summed E-state index contributed by atoms with van der Waals surface area (Å²) in [5, 5.41) is 0. The molecule has 2 N–H and O–H groups in total. The van der Waals surface area contributed by atoms with E-state index < -0.39 is 0 Å². The van der Waals surface area contributed by atoms with E-state index in [4.69, 9.17) is 5.73 Å². The number of aryl methyl sites for hydroxylation is 1. The van der Waals surface area contributed by atoms with Crippen molar-refractivity contribution in [2.75, 3.05) is 11.4 Å². The Labute approximate surface area is 96.2 Å². The van der Waals surface area contributed by atoms with E-state index in [0.717, 1.165) is 19.4 Å². The van der Waals surface area contributed by atoms with Crippen LogP contribution in [0.15, 0.2) is 24.3 Å². The standard InChI is InChI=1S/C13H18N2O/c1-10-6-7-11-4-2-3-5-12(11)15(10)9-8-13(14)16/h2-5,10H,6-9H2,1H3,(H2,14,16). The second-order valence-electron chi connectivity index (χ2n) is 4.43. The van der Waals surface area contributed by atoms with Gasteiger partial charge in [-0.05, 0) is 31.4 Å². The highest BCUT2D eigenvalue weighted by atomic mass is 16.1. The number of hydrogen-bond acceptors (Lipinski definition) is 2. The number of hydrogen-bond donors (Lipinski definition) is 1. The fourth-order valence-corrected chi connectivity index (χ4v) is 2.33. The summed E-state index contributed by atoms with van der Waals surface area (Å²) in [4.78, 5) is 13.2. The maximum absolute atomic E-state index is 10.9. The number of rotatable bonds is 3. The van der Waals surface area contributed by atoms with Gasteiger partial charge >= 0.3 is 0 Å². The van der Waals surface area contributed by atoms with Crippen molar-refractivity contribution in [1.29, 1.82) is 0 Å². The molecular weight excluding hydrogens is 200 g/mol. The van der Waals surface area contributed by atoms with Crippen molar-refractivity contribution in [2.24, 2.45) is 5.73 Å². The number of primary amides is 1. The molecule has 0 aromatic heterocycles. The summed E-state index contributed by atoms with van der Waals surface area (Å²) in [6.07, 6.45) is 2.71. The topological polar surface area (TPSA) is 46.3 Å². The molecule has 0 saturated heterocycles. The quantitative estimate of drug-likeness (QED) is 0.839. The van der Waals surface area contributed by atoms with Crippen LogP contribution in [-0.4, -0.2) is 18.5 Å². The Hall–Kier alpha value is -1.51. The summed E-state index contributed by atoms with van der Waals surface area (Å²) in [6, 6.07) is 8.91. The number of para-hydroxylation sites is 1. The molecule has 1 aromatic carbocycles. The average Bonchev–Trinajstić information content (AvgIpc) is 2.27. The third-order valence-corrected chi connectivity index (χ3v) is 3.26. The van der Waals surface area contributed by atoms with E-state index in [1.54, 1.807) is 0 Å². The monoisotopic (exact) mass is 218 g/mol. The third-order valence-electron chi connectivity index (χ3n) is 3.26. The van der Waals surface area contributed by atoms with Gasteiger partial charge in [0, 0.05) is 24.7 Å². The second-order valence-corrected chi connectivity index (χ2v) is 4.43. The van der Waals surface area contributed by atoms with E-state index in [0.29, 0.717) is 12.5 Å². The highest BCUT2D eigenvalue weighted by Crippen LogP contribution is 2.30. The molecule has 16 heavy (non-hydrogen) atoms. The average molecular weight is 218 g/mol. The van der Waals surface area contributed by atoms with E-state index in [2.05, 4.69) is 30.0 Å². The van der Waals surface area contributed by atoms with E-state index in [1.165, 1.54) is 11.3 Å². The molecule has 86 valence electrons. The fourth-order valence-electron chi connectivity index (χ4n) is 2.33. The zero-order chi connectivity index (χ0) is 11.5. The van der Waals surface area contributed by atoms with Gasteiger partial charge in [0.05, 0.1) is 0 Å². The van der Waals surface area contributed by atoms with Crippen LogP contribution in [0.2, 0.25) is 0 Å². The summed E-state index contributed by atoms with van der Waals surface area (Å²) < 4.78 is 0. The van der Waals surface area contributed by atoms with Gasteiger partial charge in [0.15, 0.2) is 0 Å². The number of carbonyl (C=O) groups is 1. The molecule has 0 aliphatic carbocycles. The van der Waals surface area contributed by atoms with Crippen molar-refractivity contribution >= 4 is 11.6 Å². The number of benzene rings is 1. The molecular formula is C13H18N2O. The van der Waals surface area contributed by atoms with Crippen molar-refractivity contribution < 1.29 is 4.79 Å². The molecule has 0 radical (unpaired) electrons. The van der Waals surface area contributed by atoms with Gasteiger partial charge in [-0.3, -0.25) is 4.79 Å². The maximum atomic E-state index is 10.9. The Balaban J connectivity index is 2.19. The highest BCUT2D eigenvalue weighted by molar-refractivity contribution is 5.74. The first-order valence-corrected chi connectivity index (χ1v) is 5.81. The Bertz CT molecular complexity index is 389. The van der Waals surface area contributed by atoms with Gasteiger partial charge in [-0.2, -0.15) is 0 Å². The van der Waals surface area contributed by atoms with Gasteiger partial charge < -0.3 is 10.6 Å². The third kappa shape index (κ3) is 2.18. The minimum atomic E-state index is -0.227. The molecule has 1 aromatic rings. The first kappa shape index (κ1) is 11.0. The van der Waals surface area contributed by atoms with Crippen LogP contribution in [0.1, 0.15) is 25.3 Å². The molecule has 3 nitrogen and oxygen atoms in total. The molecule has 1 aliphatic rings. The smallest absolute Gasteiger partial charge is 0.219 e. The minimum Gasteiger partial charge on any atom is -0.370 e. The van der Waals surface area contributed by atoms with E-state index in [9.17, 15) is 4.79 Å². The molecule has 1 unspecified atom stereocenters. The predicted octanol–water partition coefficient (Wildman–Crippen LogP) is 1.70. The van der Waals surface area contributed by atoms with Crippen LogP contribution in [0, 0.1) is 0 Å². The first-order valence-electron chi connectivity index (χ1n) is 5.81. The largest absolute Gasteiger partial charge is 0.370 e. The number of anilines is 1. The molecule has 0 fully saturated rings. The van der Waals surface area contributed by atoms with E-state index in [-0.39, 0.29) is 5.91 Å². The Morgan fingerprint density at radius 3 is 3.00 bits per heavy atom. The molecule has 3 heteroatoms. The number of nitrogens with two attached hydrogens (primary N) is 1. The van der Waals surface area contributed by atoms with Gasteiger partial charge in [0.1, 0.15) is 0 Å². The first-order chi connectivity index (χ1) is 7.68. The number of fused-ring (bicyclic) bond motifs is 1. The molecule has 0 spiro atoms. The maximum Gasteiger partial charge on any atom is 0.219 e. The predicted molar refractivity (Wildman–Crippen MR) is 65.4 cm³/mol. The van der Waals surface area contributed by atoms with Crippen LogP contribution >= 0.6 is 0 Å². The number of carbonyl (C=O) groups excluding carboxylic acids is 1. The van der Waals surface area contributed by atoms with Crippen molar-refractivity contribution in [3.8, 4) is 0 Å². The van der Waals surface area contributed by atoms with Gasteiger partial charge in [-0.1, -0.05) is 18.2 Å². The van der Waals surface area contributed by atoms with Gasteiger partial charge in [0.25, 0.3) is 0 Å². The van der Waals surface area contributed by atoms with Gasteiger partial charge in [-0.15, -0.1) is 0 Å². The van der Waals surface area contributed by atoms with Crippen LogP contribution in [0.5, 0.6) is 0 Å². The Morgan fingerprint density at radius 1 is 1.50 bits per heavy atom. The highest BCUT2D eigenvalue weighted by Gasteiger charge is 2.22.